The van der Waals surface area contributed by atoms with Gasteiger partial charge in [0.05, 0.1) is 10.6 Å². The van der Waals surface area contributed by atoms with Crippen LogP contribution in [0.4, 0.5) is 5.82 Å². The fraction of sp³-hybridized carbons (Fsp3) is 0.207. The molecule has 0 bridgehead atoms. The number of carbonyl (C=O) groups is 1. The van der Waals surface area contributed by atoms with Gasteiger partial charge in [-0.25, -0.2) is 9.97 Å². The smallest absolute Gasteiger partial charge is 0.255 e. The number of rotatable bonds is 5. The van der Waals surface area contributed by atoms with Crippen LogP contribution in [0, 0.1) is 6.92 Å². The minimum atomic E-state index is -0.0366. The van der Waals surface area contributed by atoms with Crippen LogP contribution in [0.15, 0.2) is 78.9 Å². The highest BCUT2D eigenvalue weighted by Crippen LogP contribution is 2.29. The van der Waals surface area contributed by atoms with Crippen LogP contribution in [0.1, 0.15) is 27.2 Å². The average molecular weight is 517 g/mol. The van der Waals surface area contributed by atoms with E-state index in [1.165, 1.54) is 0 Å². The summed E-state index contributed by atoms with van der Waals surface area (Å²) in [6.45, 7) is 4.57. The van der Waals surface area contributed by atoms with Crippen LogP contribution in [0.3, 0.4) is 0 Å². The fourth-order valence-electron chi connectivity index (χ4n) is 4.50. The molecule has 0 saturated carbocycles. The molecule has 0 radical (unpaired) electrons. The van der Waals surface area contributed by atoms with Crippen LogP contribution in [0.2, 0.25) is 10.0 Å². The van der Waals surface area contributed by atoms with E-state index in [9.17, 15) is 4.79 Å². The Morgan fingerprint density at radius 2 is 1.50 bits per heavy atom. The molecule has 5 rings (SSSR count). The fourth-order valence-corrected chi connectivity index (χ4v) is 4.84. The zero-order valence-corrected chi connectivity index (χ0v) is 21.5. The number of anilines is 1. The van der Waals surface area contributed by atoms with Gasteiger partial charge in [0, 0.05) is 54.4 Å². The highest BCUT2D eigenvalue weighted by atomic mass is 35.5. The van der Waals surface area contributed by atoms with Gasteiger partial charge in [-0.15, -0.1) is 0 Å². The first-order valence-corrected chi connectivity index (χ1v) is 12.7. The summed E-state index contributed by atoms with van der Waals surface area (Å²) in [7, 11) is 0. The van der Waals surface area contributed by atoms with Crippen molar-refractivity contribution in [2.45, 2.75) is 13.3 Å². The quantitative estimate of drug-likeness (QED) is 0.311. The summed E-state index contributed by atoms with van der Waals surface area (Å²) >= 11 is 12.4. The highest BCUT2D eigenvalue weighted by molar-refractivity contribution is 6.33. The Morgan fingerprint density at radius 3 is 2.19 bits per heavy atom. The van der Waals surface area contributed by atoms with Crippen molar-refractivity contribution in [3.8, 4) is 11.4 Å². The maximum Gasteiger partial charge on any atom is 0.255 e. The minimum Gasteiger partial charge on any atom is -0.353 e. The van der Waals surface area contributed by atoms with E-state index in [2.05, 4.69) is 4.90 Å². The maximum atomic E-state index is 13.1. The Kier molecular flexibility index (Phi) is 7.21. The molecule has 3 aromatic carbocycles. The molecule has 1 saturated heterocycles. The number of benzene rings is 3. The van der Waals surface area contributed by atoms with Crippen molar-refractivity contribution in [3.05, 3.63) is 111 Å². The van der Waals surface area contributed by atoms with Crippen LogP contribution >= 0.6 is 23.2 Å². The van der Waals surface area contributed by atoms with E-state index in [0.717, 1.165) is 28.2 Å². The highest BCUT2D eigenvalue weighted by Gasteiger charge is 2.26. The largest absolute Gasteiger partial charge is 0.353 e. The number of nitrogens with zero attached hydrogens (tertiary/aromatic N) is 4. The first-order valence-electron chi connectivity index (χ1n) is 12.0. The van der Waals surface area contributed by atoms with Crippen molar-refractivity contribution >= 4 is 34.9 Å². The van der Waals surface area contributed by atoms with Crippen molar-refractivity contribution in [1.82, 2.24) is 14.9 Å². The van der Waals surface area contributed by atoms with E-state index in [0.29, 0.717) is 54.0 Å². The van der Waals surface area contributed by atoms with Gasteiger partial charge in [0.25, 0.3) is 5.91 Å². The third kappa shape index (κ3) is 5.23. The predicted molar refractivity (Wildman–Crippen MR) is 146 cm³/mol. The van der Waals surface area contributed by atoms with Crippen molar-refractivity contribution in [2.24, 2.45) is 0 Å². The molecular formula is C29H26Cl2N4O. The molecule has 1 aromatic heterocycles. The topological polar surface area (TPSA) is 49.3 Å². The monoisotopic (exact) mass is 516 g/mol. The van der Waals surface area contributed by atoms with E-state index in [4.69, 9.17) is 33.2 Å². The van der Waals surface area contributed by atoms with Gasteiger partial charge < -0.3 is 9.80 Å². The zero-order chi connectivity index (χ0) is 25.1. The van der Waals surface area contributed by atoms with Gasteiger partial charge in [-0.2, -0.15) is 0 Å². The number of aryl methyl sites for hydroxylation is 1. The Bertz CT molecular complexity index is 1370. The lowest BCUT2D eigenvalue weighted by molar-refractivity contribution is 0.0746. The summed E-state index contributed by atoms with van der Waals surface area (Å²) in [4.78, 5) is 27.1. The third-order valence-corrected chi connectivity index (χ3v) is 7.07. The summed E-state index contributed by atoms with van der Waals surface area (Å²) < 4.78 is 0. The van der Waals surface area contributed by atoms with E-state index in [1.54, 1.807) is 12.1 Å². The summed E-state index contributed by atoms with van der Waals surface area (Å²) in [5, 5.41) is 1.19. The molecule has 0 spiro atoms. The number of amides is 1. The van der Waals surface area contributed by atoms with E-state index in [-0.39, 0.29) is 5.91 Å². The normalized spacial score (nSPS) is 13.6. The number of aromatic nitrogens is 2. The minimum absolute atomic E-state index is 0.0366. The molecule has 4 aromatic rings. The Labute approximate surface area is 221 Å². The number of hydrogen-bond acceptors (Lipinski definition) is 4. The summed E-state index contributed by atoms with van der Waals surface area (Å²) in [6.07, 6.45) is 0.701. The first kappa shape index (κ1) is 24.3. The molecule has 0 atom stereocenters. The molecule has 7 heteroatoms. The van der Waals surface area contributed by atoms with Gasteiger partial charge in [0.1, 0.15) is 5.82 Å². The average Bonchev–Trinajstić information content (AvgIpc) is 2.91. The van der Waals surface area contributed by atoms with Crippen LogP contribution < -0.4 is 4.90 Å². The second-order valence-corrected chi connectivity index (χ2v) is 9.71. The van der Waals surface area contributed by atoms with Crippen molar-refractivity contribution in [1.29, 1.82) is 0 Å². The first-order chi connectivity index (χ1) is 17.5. The molecular weight excluding hydrogens is 491 g/mol. The molecule has 182 valence electrons. The number of piperazine rings is 1. The molecule has 1 fully saturated rings. The summed E-state index contributed by atoms with van der Waals surface area (Å²) in [6, 6.07) is 25.1. The maximum absolute atomic E-state index is 13.1. The number of halogens is 2. The number of hydrogen-bond donors (Lipinski definition) is 0. The molecule has 0 N–H and O–H groups in total. The predicted octanol–water partition coefficient (Wildman–Crippen LogP) is 6.31. The molecule has 0 unspecified atom stereocenters. The Morgan fingerprint density at radius 1 is 0.833 bits per heavy atom. The zero-order valence-electron chi connectivity index (χ0n) is 20.0. The summed E-state index contributed by atoms with van der Waals surface area (Å²) in [5.41, 5.74) is 4.70. The van der Waals surface area contributed by atoms with Gasteiger partial charge in [-0.3, -0.25) is 4.79 Å². The Hall–Kier alpha value is -3.41. The SMILES string of the molecule is Cc1nc(-c2ccccc2)nc(N2CCN(C(=O)c3ccccc3Cl)CC2)c1Cc1ccc(Cl)cc1. The second kappa shape index (κ2) is 10.7. The molecule has 2 heterocycles. The van der Waals surface area contributed by atoms with Crippen LogP contribution in [0.5, 0.6) is 0 Å². The molecule has 1 aliphatic rings. The van der Waals surface area contributed by atoms with Crippen molar-refractivity contribution in [2.75, 3.05) is 31.1 Å². The molecule has 5 nitrogen and oxygen atoms in total. The lowest BCUT2D eigenvalue weighted by Crippen LogP contribution is -2.49. The van der Waals surface area contributed by atoms with Crippen LogP contribution in [-0.4, -0.2) is 47.0 Å². The van der Waals surface area contributed by atoms with Crippen molar-refractivity contribution in [3.63, 3.8) is 0 Å². The lowest BCUT2D eigenvalue weighted by Gasteiger charge is -2.36. The standard InChI is InChI=1S/C29H26Cl2N4O/c1-20-25(19-21-11-13-23(30)14-12-21)28(33-27(32-20)22-7-3-2-4-8-22)34-15-17-35(18-16-34)29(36)24-9-5-6-10-26(24)31/h2-14H,15-19H2,1H3. The lowest BCUT2D eigenvalue weighted by atomic mass is 10.0. The van der Waals surface area contributed by atoms with Gasteiger partial charge >= 0.3 is 0 Å². The number of carbonyl (C=O) groups excluding carboxylic acids is 1. The van der Waals surface area contributed by atoms with Crippen LogP contribution in [0.25, 0.3) is 11.4 Å². The van der Waals surface area contributed by atoms with E-state index in [1.807, 2.05) is 78.6 Å². The van der Waals surface area contributed by atoms with Gasteiger partial charge in [0.2, 0.25) is 0 Å². The molecule has 0 aliphatic carbocycles. The molecule has 1 aliphatic heterocycles. The molecule has 36 heavy (non-hydrogen) atoms. The Balaban J connectivity index is 1.44. The van der Waals surface area contributed by atoms with Crippen LogP contribution in [-0.2, 0) is 6.42 Å². The van der Waals surface area contributed by atoms with Gasteiger partial charge in [-0.1, -0.05) is 77.8 Å². The second-order valence-electron chi connectivity index (χ2n) is 8.86. The summed E-state index contributed by atoms with van der Waals surface area (Å²) in [5.74, 6) is 1.59. The van der Waals surface area contributed by atoms with Gasteiger partial charge in [0.15, 0.2) is 5.82 Å². The van der Waals surface area contributed by atoms with E-state index < -0.39 is 0 Å². The van der Waals surface area contributed by atoms with Gasteiger partial charge in [-0.05, 0) is 36.8 Å². The third-order valence-electron chi connectivity index (χ3n) is 6.49. The molecule has 1 amide bonds. The van der Waals surface area contributed by atoms with E-state index >= 15 is 0 Å². The van der Waals surface area contributed by atoms with Crippen molar-refractivity contribution < 1.29 is 4.79 Å².